The van der Waals surface area contributed by atoms with Crippen molar-refractivity contribution in [1.82, 2.24) is 20.3 Å². The van der Waals surface area contributed by atoms with Gasteiger partial charge >= 0.3 is 5.97 Å². The van der Waals surface area contributed by atoms with Gasteiger partial charge in [0.2, 0.25) is 5.91 Å². The van der Waals surface area contributed by atoms with Gasteiger partial charge in [0.15, 0.2) is 5.69 Å². The van der Waals surface area contributed by atoms with Crippen LogP contribution in [-0.4, -0.2) is 40.0 Å². The van der Waals surface area contributed by atoms with Gasteiger partial charge in [-0.15, -0.1) is 5.10 Å². The lowest BCUT2D eigenvalue weighted by Gasteiger charge is -2.09. The molecule has 1 amide bonds. The zero-order valence-corrected chi connectivity index (χ0v) is 11.8. The average molecular weight is 268 g/mol. The molecule has 0 fully saturated rings. The lowest BCUT2D eigenvalue weighted by molar-refractivity contribution is -0.122. The summed E-state index contributed by atoms with van der Waals surface area (Å²) in [7, 11) is 1.29. The summed E-state index contributed by atoms with van der Waals surface area (Å²) in [5, 5.41) is 10.4. The summed E-state index contributed by atoms with van der Waals surface area (Å²) in [6.45, 7) is 5.79. The van der Waals surface area contributed by atoms with E-state index in [0.717, 1.165) is 6.42 Å². The van der Waals surface area contributed by atoms with Crippen LogP contribution >= 0.6 is 0 Å². The number of aromatic nitrogens is 3. The molecule has 0 atom stereocenters. The van der Waals surface area contributed by atoms with E-state index in [1.54, 1.807) is 0 Å². The number of ether oxygens (including phenoxy) is 1. The molecule has 0 aliphatic carbocycles. The van der Waals surface area contributed by atoms with E-state index in [1.165, 1.54) is 11.8 Å². The van der Waals surface area contributed by atoms with E-state index in [9.17, 15) is 9.59 Å². The largest absolute Gasteiger partial charge is 0.464 e. The maximum absolute atomic E-state index is 11.7. The summed E-state index contributed by atoms with van der Waals surface area (Å²) in [5.41, 5.74) is 0.815. The fourth-order valence-corrected chi connectivity index (χ4v) is 1.70. The smallest absolute Gasteiger partial charge is 0.360 e. The summed E-state index contributed by atoms with van der Waals surface area (Å²) in [5.74, 6) is -0.687. The fraction of sp³-hybridized carbons (Fsp3) is 0.667. The third-order valence-electron chi connectivity index (χ3n) is 2.45. The highest BCUT2D eigenvalue weighted by Crippen LogP contribution is 2.09. The molecule has 1 aromatic rings. The third-order valence-corrected chi connectivity index (χ3v) is 2.45. The van der Waals surface area contributed by atoms with E-state index in [4.69, 9.17) is 0 Å². The normalized spacial score (nSPS) is 10.6. The van der Waals surface area contributed by atoms with Crippen LogP contribution in [0.1, 0.15) is 43.4 Å². The Kier molecular flexibility index (Phi) is 5.47. The van der Waals surface area contributed by atoms with Crippen LogP contribution in [0.25, 0.3) is 0 Å². The number of carbonyl (C=O) groups is 2. The van der Waals surface area contributed by atoms with E-state index in [0.29, 0.717) is 12.1 Å². The van der Waals surface area contributed by atoms with Crippen molar-refractivity contribution in [2.45, 2.75) is 46.2 Å². The van der Waals surface area contributed by atoms with Crippen LogP contribution < -0.4 is 5.32 Å². The highest BCUT2D eigenvalue weighted by Gasteiger charge is 2.20. The van der Waals surface area contributed by atoms with Crippen molar-refractivity contribution in [1.29, 1.82) is 0 Å². The summed E-state index contributed by atoms with van der Waals surface area (Å²) < 4.78 is 6.10. The summed E-state index contributed by atoms with van der Waals surface area (Å²) >= 11 is 0. The Morgan fingerprint density at radius 3 is 2.63 bits per heavy atom. The summed E-state index contributed by atoms with van der Waals surface area (Å²) in [6.07, 6.45) is 1.44. The van der Waals surface area contributed by atoms with Gasteiger partial charge in [0.25, 0.3) is 0 Å². The van der Waals surface area contributed by atoms with Gasteiger partial charge in [-0.05, 0) is 20.3 Å². The van der Waals surface area contributed by atoms with Crippen LogP contribution in [0, 0.1) is 0 Å². The molecule has 19 heavy (non-hydrogen) atoms. The first kappa shape index (κ1) is 15.1. The van der Waals surface area contributed by atoms with Gasteiger partial charge < -0.3 is 10.1 Å². The minimum absolute atomic E-state index is 0.0531. The molecular weight excluding hydrogens is 248 g/mol. The Morgan fingerprint density at radius 1 is 1.42 bits per heavy atom. The highest BCUT2D eigenvalue weighted by atomic mass is 16.5. The Morgan fingerprint density at radius 2 is 2.11 bits per heavy atom. The minimum Gasteiger partial charge on any atom is -0.464 e. The van der Waals surface area contributed by atoms with Crippen molar-refractivity contribution in [2.75, 3.05) is 7.11 Å². The molecule has 0 radical (unpaired) electrons. The fourth-order valence-electron chi connectivity index (χ4n) is 1.70. The van der Waals surface area contributed by atoms with E-state index in [-0.39, 0.29) is 24.2 Å². The number of esters is 1. The van der Waals surface area contributed by atoms with E-state index < -0.39 is 5.97 Å². The van der Waals surface area contributed by atoms with Gasteiger partial charge in [-0.3, -0.25) is 4.79 Å². The molecule has 0 aromatic carbocycles. The van der Waals surface area contributed by atoms with Crippen molar-refractivity contribution < 1.29 is 14.3 Å². The van der Waals surface area contributed by atoms with Crippen molar-refractivity contribution >= 4 is 11.9 Å². The lowest BCUT2D eigenvalue weighted by atomic mass is 10.2. The summed E-state index contributed by atoms with van der Waals surface area (Å²) in [4.78, 5) is 23.3. The molecule has 0 aliphatic rings. The molecule has 7 heteroatoms. The van der Waals surface area contributed by atoms with Crippen LogP contribution in [-0.2, 0) is 22.5 Å². The van der Waals surface area contributed by atoms with Crippen molar-refractivity contribution in [3.63, 3.8) is 0 Å². The Balaban J connectivity index is 2.91. The molecule has 0 unspecified atom stereocenters. The van der Waals surface area contributed by atoms with Crippen molar-refractivity contribution in [3.8, 4) is 0 Å². The third kappa shape index (κ3) is 4.04. The second-order valence-electron chi connectivity index (χ2n) is 4.51. The molecule has 1 aromatic heterocycles. The molecule has 0 bridgehead atoms. The first-order valence-electron chi connectivity index (χ1n) is 6.29. The van der Waals surface area contributed by atoms with Crippen molar-refractivity contribution in [3.05, 3.63) is 11.4 Å². The molecule has 0 saturated carbocycles. The van der Waals surface area contributed by atoms with Crippen molar-refractivity contribution in [2.24, 2.45) is 0 Å². The lowest BCUT2D eigenvalue weighted by Crippen LogP contribution is -2.33. The predicted molar refractivity (Wildman–Crippen MR) is 68.6 cm³/mol. The number of nitrogens with one attached hydrogen (secondary N) is 1. The number of rotatable bonds is 6. The summed E-state index contributed by atoms with van der Waals surface area (Å²) in [6, 6.07) is 0.0609. The zero-order chi connectivity index (χ0) is 14.4. The Labute approximate surface area is 112 Å². The topological polar surface area (TPSA) is 86.1 Å². The van der Waals surface area contributed by atoms with Crippen LogP contribution in [0.5, 0.6) is 0 Å². The Bertz CT molecular complexity index is 454. The second-order valence-corrected chi connectivity index (χ2v) is 4.51. The first-order valence-corrected chi connectivity index (χ1v) is 6.29. The van der Waals surface area contributed by atoms with Crippen LogP contribution in [0.15, 0.2) is 0 Å². The monoisotopic (exact) mass is 268 g/mol. The van der Waals surface area contributed by atoms with Crippen LogP contribution in [0.4, 0.5) is 0 Å². The number of carbonyl (C=O) groups excluding carboxylic acids is 2. The molecule has 0 spiro atoms. The van der Waals surface area contributed by atoms with Gasteiger partial charge in [0.05, 0.1) is 12.8 Å². The minimum atomic E-state index is -0.529. The SMILES string of the molecule is CCCc1c(C(=O)OC)nnn1CC(=O)NC(C)C. The molecule has 7 nitrogen and oxygen atoms in total. The van der Waals surface area contributed by atoms with Gasteiger partial charge in [0, 0.05) is 6.04 Å². The van der Waals surface area contributed by atoms with E-state index >= 15 is 0 Å². The molecular formula is C12H20N4O3. The molecule has 1 heterocycles. The van der Waals surface area contributed by atoms with Gasteiger partial charge in [-0.2, -0.15) is 0 Å². The predicted octanol–water partition coefficient (Wildman–Crippen LogP) is 0.542. The van der Waals surface area contributed by atoms with Gasteiger partial charge in [-0.1, -0.05) is 18.6 Å². The zero-order valence-electron chi connectivity index (χ0n) is 11.8. The molecule has 0 aliphatic heterocycles. The number of methoxy groups -OCH3 is 1. The standard InChI is InChI=1S/C12H20N4O3/c1-5-6-9-11(12(18)19-4)14-15-16(9)7-10(17)13-8(2)3/h8H,5-7H2,1-4H3,(H,13,17). The van der Waals surface area contributed by atoms with Gasteiger partial charge in [-0.25, -0.2) is 9.48 Å². The molecule has 1 N–H and O–H groups in total. The number of nitrogens with zero attached hydrogens (tertiary/aromatic N) is 3. The van der Waals surface area contributed by atoms with Gasteiger partial charge in [0.1, 0.15) is 6.54 Å². The number of hydrogen-bond donors (Lipinski definition) is 1. The quantitative estimate of drug-likeness (QED) is 0.761. The van der Waals surface area contributed by atoms with E-state index in [1.807, 2.05) is 20.8 Å². The number of hydrogen-bond acceptors (Lipinski definition) is 5. The molecule has 106 valence electrons. The average Bonchev–Trinajstić information content (AvgIpc) is 2.71. The Hall–Kier alpha value is -1.92. The van der Waals surface area contributed by atoms with E-state index in [2.05, 4.69) is 20.4 Å². The maximum Gasteiger partial charge on any atom is 0.360 e. The second kappa shape index (κ2) is 6.86. The van der Waals surface area contributed by atoms with Crippen LogP contribution in [0.2, 0.25) is 0 Å². The maximum atomic E-state index is 11.7. The molecule has 0 saturated heterocycles. The number of amides is 1. The molecule has 1 rings (SSSR count). The first-order chi connectivity index (χ1) is 8.99. The highest BCUT2D eigenvalue weighted by molar-refractivity contribution is 5.88. The van der Waals surface area contributed by atoms with Crippen LogP contribution in [0.3, 0.4) is 0 Å².